The maximum absolute atomic E-state index is 14.3. The highest BCUT2D eigenvalue weighted by atomic mass is 28.3. The minimum atomic E-state index is -1.64. The minimum Gasteiger partial charge on any atom is -0.457 e. The van der Waals surface area contributed by atoms with Crippen molar-refractivity contribution in [3.05, 3.63) is 107 Å². The van der Waals surface area contributed by atoms with E-state index in [1.54, 1.807) is 19.1 Å². The van der Waals surface area contributed by atoms with Gasteiger partial charge in [0.05, 0.1) is 37.1 Å². The van der Waals surface area contributed by atoms with Gasteiger partial charge in [0.2, 0.25) is 0 Å². The standard InChI is InChI=1S/C45H55NO14Si/c1-27-37(56-28(2)47)40(41(54-25-32-18-12-9-13-19-32)45(55-27)53-22-23-61(5,6)7)60-44-36(46-42(50)33-20-14-15-21-34(33)43(46)51)39(58-30(4)49)38(57-29(3)48)35(59-44)26-52-24-31-16-10-8-11-17-31/h8-21,27,35-41,44-45H,22-26H2,1-7H3/t27-,35+,36+,37+,38+,39+,40+,41-,44-,45+/m0/s1. The van der Waals surface area contributed by atoms with E-state index in [-0.39, 0.29) is 30.9 Å². The summed E-state index contributed by atoms with van der Waals surface area (Å²) in [4.78, 5) is 68.2. The zero-order valence-electron chi connectivity index (χ0n) is 35.6. The van der Waals surface area contributed by atoms with E-state index in [0.717, 1.165) is 29.0 Å². The summed E-state index contributed by atoms with van der Waals surface area (Å²) in [5.74, 6) is -3.63. The Hall–Kier alpha value is -4.81. The Morgan fingerprint density at radius 3 is 1.70 bits per heavy atom. The van der Waals surface area contributed by atoms with Crippen molar-refractivity contribution in [2.24, 2.45) is 0 Å². The Kier molecular flexibility index (Phi) is 15.3. The van der Waals surface area contributed by atoms with Crippen LogP contribution in [0.4, 0.5) is 0 Å². The van der Waals surface area contributed by atoms with E-state index < -0.39 is 99.1 Å². The van der Waals surface area contributed by atoms with Crippen LogP contribution in [0.2, 0.25) is 25.7 Å². The van der Waals surface area contributed by atoms with Crippen LogP contribution >= 0.6 is 0 Å². The molecule has 3 heterocycles. The highest BCUT2D eigenvalue weighted by Crippen LogP contribution is 2.39. The van der Waals surface area contributed by atoms with Crippen LogP contribution in [0.1, 0.15) is 59.5 Å². The molecule has 0 bridgehead atoms. The molecular formula is C45H55NO14Si. The zero-order chi connectivity index (χ0) is 43.8. The molecule has 0 unspecified atom stereocenters. The summed E-state index contributed by atoms with van der Waals surface area (Å²) >= 11 is 0. The molecule has 3 aliphatic heterocycles. The Labute approximate surface area is 356 Å². The lowest BCUT2D eigenvalue weighted by Crippen LogP contribution is -2.69. The second-order valence-electron chi connectivity index (χ2n) is 16.5. The van der Waals surface area contributed by atoms with Gasteiger partial charge in [-0.25, -0.2) is 0 Å². The van der Waals surface area contributed by atoms with Crippen LogP contribution in [0, 0.1) is 0 Å². The molecule has 0 radical (unpaired) electrons. The summed E-state index contributed by atoms with van der Waals surface area (Å²) in [5.41, 5.74) is 1.86. The van der Waals surface area contributed by atoms with E-state index in [1.165, 1.54) is 26.0 Å². The Morgan fingerprint density at radius 2 is 1.15 bits per heavy atom. The highest BCUT2D eigenvalue weighted by Gasteiger charge is 2.59. The molecule has 0 aliphatic carbocycles. The molecule has 61 heavy (non-hydrogen) atoms. The minimum absolute atomic E-state index is 0.0672. The van der Waals surface area contributed by atoms with Crippen molar-refractivity contribution in [3.63, 3.8) is 0 Å². The third-order valence-electron chi connectivity index (χ3n) is 10.5. The Morgan fingerprint density at radius 1 is 0.623 bits per heavy atom. The number of hydrogen-bond acceptors (Lipinski definition) is 14. The second-order valence-corrected chi connectivity index (χ2v) is 22.2. The molecule has 3 aromatic carbocycles. The van der Waals surface area contributed by atoms with Crippen molar-refractivity contribution in [1.29, 1.82) is 0 Å². The first kappa shape index (κ1) is 45.7. The van der Waals surface area contributed by atoms with E-state index in [9.17, 15) is 24.0 Å². The maximum Gasteiger partial charge on any atom is 0.303 e. The van der Waals surface area contributed by atoms with Crippen LogP contribution in [0.25, 0.3) is 0 Å². The predicted octanol–water partition coefficient (Wildman–Crippen LogP) is 5.46. The number of carbonyl (C=O) groups excluding carboxylic acids is 5. The van der Waals surface area contributed by atoms with Crippen LogP contribution in [0.15, 0.2) is 84.9 Å². The Bertz CT molecular complexity index is 1960. The molecule has 2 amide bonds. The number of ether oxygens (including phenoxy) is 9. The van der Waals surface area contributed by atoms with E-state index in [4.69, 9.17) is 42.6 Å². The highest BCUT2D eigenvalue weighted by molar-refractivity contribution is 6.76. The van der Waals surface area contributed by atoms with Gasteiger partial charge >= 0.3 is 17.9 Å². The molecule has 0 N–H and O–H groups in total. The lowest BCUT2D eigenvalue weighted by molar-refractivity contribution is -0.354. The first-order valence-electron chi connectivity index (χ1n) is 20.4. The first-order chi connectivity index (χ1) is 29.1. The molecule has 2 saturated heterocycles. The van der Waals surface area contributed by atoms with Crippen molar-refractivity contribution in [3.8, 4) is 0 Å². The van der Waals surface area contributed by atoms with E-state index in [2.05, 4.69) is 19.6 Å². The second kappa shape index (κ2) is 20.4. The van der Waals surface area contributed by atoms with Crippen molar-refractivity contribution in [2.45, 2.75) is 128 Å². The summed E-state index contributed by atoms with van der Waals surface area (Å²) in [5, 5.41) is 0. The molecular weight excluding hydrogens is 807 g/mol. The number of benzene rings is 3. The summed E-state index contributed by atoms with van der Waals surface area (Å²) in [7, 11) is -1.58. The molecule has 0 saturated carbocycles. The van der Waals surface area contributed by atoms with Crippen LogP contribution in [0.5, 0.6) is 0 Å². The first-order valence-corrected chi connectivity index (χ1v) is 24.2. The molecule has 15 nitrogen and oxygen atoms in total. The van der Waals surface area contributed by atoms with Gasteiger partial charge in [0.15, 0.2) is 30.9 Å². The van der Waals surface area contributed by atoms with Gasteiger partial charge in [-0.3, -0.25) is 28.9 Å². The number of amides is 2. The van der Waals surface area contributed by atoms with Gasteiger partial charge in [0.25, 0.3) is 11.8 Å². The number of fused-ring (bicyclic) bond motifs is 1. The van der Waals surface area contributed by atoms with Crippen LogP contribution < -0.4 is 0 Å². The molecule has 328 valence electrons. The normalized spacial score (nSPS) is 27.6. The van der Waals surface area contributed by atoms with Crippen molar-refractivity contribution in [1.82, 2.24) is 4.90 Å². The summed E-state index contributed by atoms with van der Waals surface area (Å²) in [6.45, 7) is 12.3. The summed E-state index contributed by atoms with van der Waals surface area (Å²) in [6.07, 6.45) is -11.1. The number of esters is 3. The van der Waals surface area contributed by atoms with Crippen LogP contribution in [-0.2, 0) is 70.2 Å². The largest absolute Gasteiger partial charge is 0.457 e. The molecule has 16 heteroatoms. The topological polar surface area (TPSA) is 172 Å². The number of imide groups is 1. The quantitative estimate of drug-likeness (QED) is 0.0726. The predicted molar refractivity (Wildman–Crippen MR) is 220 cm³/mol. The lowest BCUT2D eigenvalue weighted by Gasteiger charge is -2.50. The number of rotatable bonds is 17. The van der Waals surface area contributed by atoms with Crippen molar-refractivity contribution in [2.75, 3.05) is 13.2 Å². The molecule has 3 aliphatic rings. The molecule has 0 aromatic heterocycles. The van der Waals surface area contributed by atoms with Crippen LogP contribution in [-0.4, -0.2) is 117 Å². The SMILES string of the molecule is CC(=O)O[C@H]1[C@H](OC(C)=O)[C@@H](COCc2ccccc2)O[C@@H](O[C@H]2[C@H](OCc3ccccc3)[C@H](OCC[Si](C)(C)C)O[C@@H](C)[C@H]2OC(C)=O)[C@@H]1N1C(=O)c2ccccc2C1=O. The van der Waals surface area contributed by atoms with E-state index >= 15 is 0 Å². The van der Waals surface area contributed by atoms with Gasteiger partial charge < -0.3 is 42.6 Å². The van der Waals surface area contributed by atoms with Crippen molar-refractivity contribution < 1.29 is 66.6 Å². The summed E-state index contributed by atoms with van der Waals surface area (Å²) in [6, 6.07) is 24.2. The van der Waals surface area contributed by atoms with Gasteiger partial charge in [-0.15, -0.1) is 0 Å². The Balaban J connectivity index is 1.45. The number of carbonyl (C=O) groups is 5. The fourth-order valence-electron chi connectivity index (χ4n) is 7.61. The van der Waals surface area contributed by atoms with E-state index in [1.807, 2.05) is 60.7 Å². The molecule has 3 aromatic rings. The average Bonchev–Trinajstić information content (AvgIpc) is 3.45. The number of nitrogens with zero attached hydrogens (tertiary/aromatic N) is 1. The molecule has 10 atom stereocenters. The fraction of sp³-hybridized carbons (Fsp3) is 0.489. The van der Waals surface area contributed by atoms with Gasteiger partial charge in [-0.1, -0.05) is 92.4 Å². The van der Waals surface area contributed by atoms with Gasteiger partial charge in [-0.05, 0) is 36.2 Å². The third kappa shape index (κ3) is 11.6. The molecule has 6 rings (SSSR count). The van der Waals surface area contributed by atoms with E-state index in [0.29, 0.717) is 6.61 Å². The fourth-order valence-corrected chi connectivity index (χ4v) is 8.34. The number of hydrogen-bond donors (Lipinski definition) is 0. The average molecular weight is 862 g/mol. The molecule has 0 spiro atoms. The van der Waals surface area contributed by atoms with Gasteiger partial charge in [0.1, 0.15) is 24.4 Å². The summed E-state index contributed by atoms with van der Waals surface area (Å²) < 4.78 is 56.9. The lowest BCUT2D eigenvalue weighted by atomic mass is 9.93. The van der Waals surface area contributed by atoms with Crippen molar-refractivity contribution >= 4 is 37.8 Å². The van der Waals surface area contributed by atoms with Crippen LogP contribution in [0.3, 0.4) is 0 Å². The third-order valence-corrected chi connectivity index (χ3v) is 12.2. The smallest absolute Gasteiger partial charge is 0.303 e. The van der Waals surface area contributed by atoms with Gasteiger partial charge in [-0.2, -0.15) is 0 Å². The zero-order valence-corrected chi connectivity index (χ0v) is 36.6. The molecule has 2 fully saturated rings. The maximum atomic E-state index is 14.3. The monoisotopic (exact) mass is 861 g/mol. The van der Waals surface area contributed by atoms with Gasteiger partial charge in [0, 0.05) is 35.5 Å².